The molecule has 5 heteroatoms. The van der Waals surface area contributed by atoms with Crippen LogP contribution in [0, 0.1) is 0 Å². The van der Waals surface area contributed by atoms with Gasteiger partial charge in [-0.15, -0.1) is 0 Å². The lowest BCUT2D eigenvalue weighted by Crippen LogP contribution is -2.37. The standard InChI is InChI=1S/C19H33N3O2/c1-4-6-7-8-13-21-19(20-5-2)22-16-17-9-11-18(12-10-17)24-15-14-23-3/h9-12H,4-8,13-16H2,1-3H3,(H2,20,21,22). The van der Waals surface area contributed by atoms with E-state index in [-0.39, 0.29) is 0 Å². The summed E-state index contributed by atoms with van der Waals surface area (Å²) >= 11 is 0. The van der Waals surface area contributed by atoms with Crippen molar-refractivity contribution in [2.45, 2.75) is 46.1 Å². The number of guanidine groups is 1. The number of benzene rings is 1. The molecule has 0 heterocycles. The molecular weight excluding hydrogens is 302 g/mol. The van der Waals surface area contributed by atoms with Gasteiger partial charge < -0.3 is 20.1 Å². The van der Waals surface area contributed by atoms with E-state index in [2.05, 4.69) is 41.6 Å². The van der Waals surface area contributed by atoms with Crippen LogP contribution in [0.5, 0.6) is 5.75 Å². The summed E-state index contributed by atoms with van der Waals surface area (Å²) in [6.45, 7) is 7.98. The van der Waals surface area contributed by atoms with E-state index in [9.17, 15) is 0 Å². The second kappa shape index (κ2) is 13.7. The van der Waals surface area contributed by atoms with Gasteiger partial charge in [0.05, 0.1) is 13.2 Å². The molecule has 0 amide bonds. The van der Waals surface area contributed by atoms with Crippen LogP contribution < -0.4 is 15.4 Å². The zero-order chi connectivity index (χ0) is 17.5. The van der Waals surface area contributed by atoms with E-state index in [4.69, 9.17) is 9.47 Å². The molecule has 136 valence electrons. The summed E-state index contributed by atoms with van der Waals surface area (Å²) in [5.41, 5.74) is 1.16. The fourth-order valence-corrected chi connectivity index (χ4v) is 2.20. The number of hydrogen-bond donors (Lipinski definition) is 2. The van der Waals surface area contributed by atoms with E-state index in [0.29, 0.717) is 19.8 Å². The third-order valence-electron chi connectivity index (χ3n) is 3.57. The molecule has 1 aromatic carbocycles. The van der Waals surface area contributed by atoms with E-state index in [1.807, 2.05) is 12.1 Å². The zero-order valence-corrected chi connectivity index (χ0v) is 15.4. The molecular formula is C19H33N3O2. The molecule has 5 nitrogen and oxygen atoms in total. The van der Waals surface area contributed by atoms with Crippen LogP contribution in [0.3, 0.4) is 0 Å². The Labute approximate surface area is 146 Å². The molecule has 0 bridgehead atoms. The van der Waals surface area contributed by atoms with Crippen LogP contribution in [0.4, 0.5) is 0 Å². The summed E-state index contributed by atoms with van der Waals surface area (Å²) in [5, 5.41) is 6.69. The quantitative estimate of drug-likeness (QED) is 0.349. The lowest BCUT2D eigenvalue weighted by molar-refractivity contribution is 0.146. The maximum Gasteiger partial charge on any atom is 0.191 e. The highest BCUT2D eigenvalue weighted by atomic mass is 16.5. The molecule has 0 saturated carbocycles. The monoisotopic (exact) mass is 335 g/mol. The molecule has 0 spiro atoms. The highest BCUT2D eigenvalue weighted by molar-refractivity contribution is 5.79. The van der Waals surface area contributed by atoms with Crippen LogP contribution in [0.1, 0.15) is 45.1 Å². The maximum atomic E-state index is 5.57. The molecule has 0 saturated heterocycles. The van der Waals surface area contributed by atoms with Gasteiger partial charge in [-0.1, -0.05) is 38.3 Å². The number of methoxy groups -OCH3 is 1. The number of hydrogen-bond acceptors (Lipinski definition) is 3. The molecule has 0 aliphatic heterocycles. The van der Waals surface area contributed by atoms with Crippen molar-refractivity contribution in [2.24, 2.45) is 4.99 Å². The van der Waals surface area contributed by atoms with Crippen LogP contribution in [0.15, 0.2) is 29.3 Å². The highest BCUT2D eigenvalue weighted by Crippen LogP contribution is 2.12. The molecule has 1 aromatic rings. The zero-order valence-electron chi connectivity index (χ0n) is 15.4. The number of rotatable bonds is 12. The largest absolute Gasteiger partial charge is 0.491 e. The Morgan fingerprint density at radius 1 is 1.00 bits per heavy atom. The molecule has 1 rings (SSSR count). The molecule has 24 heavy (non-hydrogen) atoms. The van der Waals surface area contributed by atoms with E-state index >= 15 is 0 Å². The minimum atomic E-state index is 0.570. The summed E-state index contributed by atoms with van der Waals surface area (Å²) in [5.74, 6) is 1.75. The number of nitrogens with zero attached hydrogens (tertiary/aromatic N) is 1. The predicted molar refractivity (Wildman–Crippen MR) is 101 cm³/mol. The highest BCUT2D eigenvalue weighted by Gasteiger charge is 1.99. The van der Waals surface area contributed by atoms with Crippen LogP contribution in [-0.2, 0) is 11.3 Å². The molecule has 0 fully saturated rings. The average Bonchev–Trinajstić information content (AvgIpc) is 2.60. The molecule has 0 unspecified atom stereocenters. The normalized spacial score (nSPS) is 11.4. The molecule has 0 aromatic heterocycles. The average molecular weight is 335 g/mol. The topological polar surface area (TPSA) is 54.9 Å². The van der Waals surface area contributed by atoms with Gasteiger partial charge in [0.25, 0.3) is 0 Å². The van der Waals surface area contributed by atoms with Crippen molar-refractivity contribution in [3.05, 3.63) is 29.8 Å². The van der Waals surface area contributed by atoms with Gasteiger partial charge in [-0.05, 0) is 31.0 Å². The third-order valence-corrected chi connectivity index (χ3v) is 3.57. The fourth-order valence-electron chi connectivity index (χ4n) is 2.20. The van der Waals surface area contributed by atoms with Crippen LogP contribution >= 0.6 is 0 Å². The van der Waals surface area contributed by atoms with Crippen molar-refractivity contribution in [3.63, 3.8) is 0 Å². The van der Waals surface area contributed by atoms with Gasteiger partial charge in [-0.3, -0.25) is 0 Å². The Hall–Kier alpha value is -1.75. The third kappa shape index (κ3) is 9.40. The van der Waals surface area contributed by atoms with Crippen LogP contribution in [-0.4, -0.2) is 39.4 Å². The Bertz CT molecular complexity index is 446. The van der Waals surface area contributed by atoms with E-state index in [1.165, 1.54) is 25.7 Å². The lowest BCUT2D eigenvalue weighted by Gasteiger charge is -2.11. The number of unbranched alkanes of at least 4 members (excludes halogenated alkanes) is 3. The molecule has 0 aliphatic carbocycles. The first kappa shape index (κ1) is 20.3. The summed E-state index contributed by atoms with van der Waals surface area (Å²) in [6, 6.07) is 8.06. The summed E-state index contributed by atoms with van der Waals surface area (Å²) in [6.07, 6.45) is 5.02. The van der Waals surface area contributed by atoms with Crippen molar-refractivity contribution >= 4 is 5.96 Å². The predicted octanol–water partition coefficient (Wildman–Crippen LogP) is 3.35. The van der Waals surface area contributed by atoms with Gasteiger partial charge >= 0.3 is 0 Å². The first-order chi connectivity index (χ1) is 11.8. The molecule has 0 atom stereocenters. The van der Waals surface area contributed by atoms with Gasteiger partial charge in [0.2, 0.25) is 0 Å². The molecule has 2 N–H and O–H groups in total. The van der Waals surface area contributed by atoms with Gasteiger partial charge in [0.1, 0.15) is 12.4 Å². The van der Waals surface area contributed by atoms with Crippen molar-refractivity contribution in [1.82, 2.24) is 10.6 Å². The second-order valence-electron chi connectivity index (χ2n) is 5.67. The minimum Gasteiger partial charge on any atom is -0.491 e. The smallest absolute Gasteiger partial charge is 0.191 e. The minimum absolute atomic E-state index is 0.570. The lowest BCUT2D eigenvalue weighted by atomic mass is 10.2. The molecule has 0 radical (unpaired) electrons. The van der Waals surface area contributed by atoms with Crippen molar-refractivity contribution < 1.29 is 9.47 Å². The first-order valence-corrected chi connectivity index (χ1v) is 9.03. The van der Waals surface area contributed by atoms with E-state index in [1.54, 1.807) is 7.11 Å². The van der Waals surface area contributed by atoms with Crippen molar-refractivity contribution in [1.29, 1.82) is 0 Å². The van der Waals surface area contributed by atoms with Crippen LogP contribution in [0.25, 0.3) is 0 Å². The van der Waals surface area contributed by atoms with Crippen molar-refractivity contribution in [2.75, 3.05) is 33.4 Å². The maximum absolute atomic E-state index is 5.57. The Morgan fingerprint density at radius 3 is 2.46 bits per heavy atom. The molecule has 0 aliphatic rings. The van der Waals surface area contributed by atoms with Crippen LogP contribution in [0.2, 0.25) is 0 Å². The Morgan fingerprint density at radius 2 is 1.79 bits per heavy atom. The fraction of sp³-hybridized carbons (Fsp3) is 0.632. The second-order valence-corrected chi connectivity index (χ2v) is 5.67. The summed E-state index contributed by atoms with van der Waals surface area (Å²) in [4.78, 5) is 4.64. The van der Waals surface area contributed by atoms with Gasteiger partial charge in [-0.25, -0.2) is 4.99 Å². The van der Waals surface area contributed by atoms with Gasteiger partial charge in [0, 0.05) is 20.2 Å². The Balaban J connectivity index is 2.41. The summed E-state index contributed by atoms with van der Waals surface area (Å²) < 4.78 is 10.5. The van der Waals surface area contributed by atoms with E-state index in [0.717, 1.165) is 30.4 Å². The number of ether oxygens (including phenoxy) is 2. The van der Waals surface area contributed by atoms with Gasteiger partial charge in [0.15, 0.2) is 5.96 Å². The number of aliphatic imine (C=N–C) groups is 1. The van der Waals surface area contributed by atoms with Crippen molar-refractivity contribution in [3.8, 4) is 5.75 Å². The summed E-state index contributed by atoms with van der Waals surface area (Å²) in [7, 11) is 1.67. The van der Waals surface area contributed by atoms with Gasteiger partial charge in [-0.2, -0.15) is 0 Å². The van der Waals surface area contributed by atoms with E-state index < -0.39 is 0 Å². The first-order valence-electron chi connectivity index (χ1n) is 9.03. The Kier molecular flexibility index (Phi) is 11.6. The SMILES string of the molecule is CCCCCCNC(=NCc1ccc(OCCOC)cc1)NCC. The number of nitrogens with one attached hydrogen (secondary N) is 2.